The van der Waals surface area contributed by atoms with Gasteiger partial charge in [0.25, 0.3) is 0 Å². The molecule has 0 atom stereocenters. The van der Waals surface area contributed by atoms with E-state index in [1.54, 1.807) is 6.92 Å². The van der Waals surface area contributed by atoms with Gasteiger partial charge in [-0.2, -0.15) is 0 Å². The van der Waals surface area contributed by atoms with Crippen LogP contribution in [0.15, 0.2) is 41.6 Å². The molecule has 0 fully saturated rings. The number of aryl methyl sites for hydroxylation is 2. The monoisotopic (exact) mass is 270 g/mol. The Labute approximate surface area is 118 Å². The third-order valence-electron chi connectivity index (χ3n) is 3.00. The lowest BCUT2D eigenvalue weighted by atomic mass is 10.1. The van der Waals surface area contributed by atoms with Crippen LogP contribution in [-0.2, 0) is 6.61 Å². The van der Waals surface area contributed by atoms with Gasteiger partial charge in [-0.3, -0.25) is 4.98 Å². The SMILES string of the molecule is CC(=NO)c1cc(C)ccc1OCc1cccc(C)n1. The van der Waals surface area contributed by atoms with Crippen molar-refractivity contribution in [2.24, 2.45) is 5.16 Å². The molecule has 0 aliphatic heterocycles. The lowest BCUT2D eigenvalue weighted by molar-refractivity contribution is 0.298. The molecule has 0 saturated heterocycles. The van der Waals surface area contributed by atoms with Crippen LogP contribution < -0.4 is 4.74 Å². The quantitative estimate of drug-likeness (QED) is 0.525. The average molecular weight is 270 g/mol. The Morgan fingerprint density at radius 2 is 2.05 bits per heavy atom. The molecule has 0 spiro atoms. The number of nitrogens with zero attached hydrogens (tertiary/aromatic N) is 2. The molecule has 0 amide bonds. The Bertz CT molecular complexity index is 636. The fraction of sp³-hybridized carbons (Fsp3) is 0.250. The predicted molar refractivity (Wildman–Crippen MR) is 78.5 cm³/mol. The van der Waals surface area contributed by atoms with Crippen molar-refractivity contribution in [2.75, 3.05) is 0 Å². The molecule has 104 valence electrons. The van der Waals surface area contributed by atoms with Gasteiger partial charge >= 0.3 is 0 Å². The van der Waals surface area contributed by atoms with Gasteiger partial charge in [0.05, 0.1) is 11.4 Å². The largest absolute Gasteiger partial charge is 0.487 e. The van der Waals surface area contributed by atoms with Crippen molar-refractivity contribution in [3.8, 4) is 5.75 Å². The second kappa shape index (κ2) is 6.19. The third kappa shape index (κ3) is 3.35. The molecule has 2 rings (SSSR count). The molecular formula is C16H18N2O2. The fourth-order valence-electron chi connectivity index (χ4n) is 1.94. The Morgan fingerprint density at radius 1 is 1.25 bits per heavy atom. The van der Waals surface area contributed by atoms with Crippen molar-refractivity contribution < 1.29 is 9.94 Å². The number of rotatable bonds is 4. The first-order valence-electron chi connectivity index (χ1n) is 6.45. The molecule has 0 aliphatic carbocycles. The molecule has 0 bridgehead atoms. The Balaban J connectivity index is 2.21. The fourth-order valence-corrected chi connectivity index (χ4v) is 1.94. The van der Waals surface area contributed by atoms with Gasteiger partial charge in [-0.25, -0.2) is 0 Å². The van der Waals surface area contributed by atoms with Crippen molar-refractivity contribution in [3.63, 3.8) is 0 Å². The van der Waals surface area contributed by atoms with E-state index in [2.05, 4.69) is 10.1 Å². The number of hydrogen-bond donors (Lipinski definition) is 1. The second-order valence-corrected chi connectivity index (χ2v) is 4.74. The average Bonchev–Trinajstić information content (AvgIpc) is 2.45. The predicted octanol–water partition coefficient (Wildman–Crippen LogP) is 3.48. The zero-order chi connectivity index (χ0) is 14.5. The highest BCUT2D eigenvalue weighted by Crippen LogP contribution is 2.22. The van der Waals surface area contributed by atoms with E-state index < -0.39 is 0 Å². The van der Waals surface area contributed by atoms with Crippen molar-refractivity contribution >= 4 is 5.71 Å². The number of oxime groups is 1. The van der Waals surface area contributed by atoms with E-state index in [1.807, 2.05) is 50.2 Å². The van der Waals surface area contributed by atoms with E-state index in [-0.39, 0.29) is 0 Å². The van der Waals surface area contributed by atoms with Crippen LogP contribution in [0.3, 0.4) is 0 Å². The summed E-state index contributed by atoms with van der Waals surface area (Å²) in [7, 11) is 0. The molecule has 0 radical (unpaired) electrons. The zero-order valence-electron chi connectivity index (χ0n) is 11.9. The first-order chi connectivity index (χ1) is 9.60. The summed E-state index contributed by atoms with van der Waals surface area (Å²) >= 11 is 0. The van der Waals surface area contributed by atoms with Crippen molar-refractivity contribution in [1.29, 1.82) is 0 Å². The zero-order valence-corrected chi connectivity index (χ0v) is 11.9. The first-order valence-corrected chi connectivity index (χ1v) is 6.45. The van der Waals surface area contributed by atoms with Crippen LogP contribution in [-0.4, -0.2) is 15.9 Å². The minimum Gasteiger partial charge on any atom is -0.487 e. The van der Waals surface area contributed by atoms with E-state index >= 15 is 0 Å². The van der Waals surface area contributed by atoms with E-state index in [0.717, 1.165) is 22.5 Å². The van der Waals surface area contributed by atoms with Gasteiger partial charge in [0, 0.05) is 11.3 Å². The lowest BCUT2D eigenvalue weighted by Crippen LogP contribution is -2.04. The van der Waals surface area contributed by atoms with Gasteiger partial charge < -0.3 is 9.94 Å². The topological polar surface area (TPSA) is 54.7 Å². The van der Waals surface area contributed by atoms with Crippen LogP contribution in [0, 0.1) is 13.8 Å². The Hall–Kier alpha value is -2.36. The van der Waals surface area contributed by atoms with Crippen LogP contribution >= 0.6 is 0 Å². The smallest absolute Gasteiger partial charge is 0.130 e. The van der Waals surface area contributed by atoms with E-state index in [1.165, 1.54) is 0 Å². The minimum atomic E-state index is 0.385. The maximum atomic E-state index is 8.95. The highest BCUT2D eigenvalue weighted by molar-refractivity contribution is 6.00. The maximum absolute atomic E-state index is 8.95. The summed E-state index contributed by atoms with van der Waals surface area (Å²) in [5.74, 6) is 0.689. The van der Waals surface area contributed by atoms with Gasteiger partial charge in [0.2, 0.25) is 0 Å². The highest BCUT2D eigenvalue weighted by atomic mass is 16.5. The summed E-state index contributed by atoms with van der Waals surface area (Å²) in [5.41, 5.74) is 4.24. The summed E-state index contributed by atoms with van der Waals surface area (Å²) in [4.78, 5) is 4.40. The van der Waals surface area contributed by atoms with Crippen molar-refractivity contribution in [2.45, 2.75) is 27.4 Å². The molecule has 1 heterocycles. The maximum Gasteiger partial charge on any atom is 0.130 e. The first kappa shape index (κ1) is 14.1. The van der Waals surface area contributed by atoms with Gasteiger partial charge in [-0.1, -0.05) is 22.9 Å². The minimum absolute atomic E-state index is 0.385. The van der Waals surface area contributed by atoms with E-state index in [0.29, 0.717) is 18.1 Å². The Kier molecular flexibility index (Phi) is 4.35. The molecule has 0 aliphatic rings. The summed E-state index contributed by atoms with van der Waals surface area (Å²) in [6.07, 6.45) is 0. The summed E-state index contributed by atoms with van der Waals surface area (Å²) < 4.78 is 5.80. The van der Waals surface area contributed by atoms with Gasteiger partial charge in [0.15, 0.2) is 0 Å². The van der Waals surface area contributed by atoms with Crippen LogP contribution in [0.2, 0.25) is 0 Å². The molecule has 4 heteroatoms. The lowest BCUT2D eigenvalue weighted by Gasteiger charge is -2.11. The molecule has 0 saturated carbocycles. The van der Waals surface area contributed by atoms with Crippen LogP contribution in [0.5, 0.6) is 5.75 Å². The molecule has 2 aromatic rings. The number of ether oxygens (including phenoxy) is 1. The standard InChI is InChI=1S/C16H18N2O2/c1-11-7-8-16(15(9-11)13(3)18-19)20-10-14-6-4-5-12(2)17-14/h4-9,19H,10H2,1-3H3. The molecule has 1 N–H and O–H groups in total. The molecule has 1 aromatic carbocycles. The molecule has 20 heavy (non-hydrogen) atoms. The number of aromatic nitrogens is 1. The van der Waals surface area contributed by atoms with Crippen LogP contribution in [0.25, 0.3) is 0 Å². The van der Waals surface area contributed by atoms with E-state index in [9.17, 15) is 0 Å². The summed E-state index contributed by atoms with van der Waals surface area (Å²) in [5, 5.41) is 12.2. The van der Waals surface area contributed by atoms with E-state index in [4.69, 9.17) is 9.94 Å². The van der Waals surface area contributed by atoms with Gasteiger partial charge in [-0.05, 0) is 45.0 Å². The number of hydrogen-bond acceptors (Lipinski definition) is 4. The normalized spacial score (nSPS) is 11.4. The Morgan fingerprint density at radius 3 is 2.75 bits per heavy atom. The molecule has 0 unspecified atom stereocenters. The van der Waals surface area contributed by atoms with Crippen LogP contribution in [0.1, 0.15) is 29.4 Å². The molecular weight excluding hydrogens is 252 g/mol. The summed E-state index contributed by atoms with van der Waals surface area (Å²) in [6, 6.07) is 11.6. The van der Waals surface area contributed by atoms with Gasteiger partial charge in [-0.15, -0.1) is 0 Å². The highest BCUT2D eigenvalue weighted by Gasteiger charge is 2.08. The molecule has 1 aromatic heterocycles. The van der Waals surface area contributed by atoms with Crippen molar-refractivity contribution in [1.82, 2.24) is 4.98 Å². The number of pyridine rings is 1. The third-order valence-corrected chi connectivity index (χ3v) is 3.00. The number of benzene rings is 1. The van der Waals surface area contributed by atoms with Gasteiger partial charge in [0.1, 0.15) is 12.4 Å². The summed E-state index contributed by atoms with van der Waals surface area (Å²) in [6.45, 7) is 6.06. The van der Waals surface area contributed by atoms with Crippen molar-refractivity contribution in [3.05, 3.63) is 58.9 Å². The molecule has 4 nitrogen and oxygen atoms in total. The van der Waals surface area contributed by atoms with Crippen LogP contribution in [0.4, 0.5) is 0 Å². The second-order valence-electron chi connectivity index (χ2n) is 4.74.